The molecule has 0 aliphatic heterocycles. The molecule has 6 heteroatoms. The van der Waals surface area contributed by atoms with Crippen LogP contribution in [0.4, 0.5) is 11.5 Å². The Labute approximate surface area is 152 Å². The maximum absolute atomic E-state index is 12.5. The van der Waals surface area contributed by atoms with E-state index in [-0.39, 0.29) is 11.6 Å². The van der Waals surface area contributed by atoms with E-state index in [2.05, 4.69) is 32.7 Å². The van der Waals surface area contributed by atoms with Crippen LogP contribution in [0.1, 0.15) is 34.1 Å². The van der Waals surface area contributed by atoms with Crippen molar-refractivity contribution < 1.29 is 4.79 Å². The van der Waals surface area contributed by atoms with Crippen LogP contribution in [0.25, 0.3) is 0 Å². The van der Waals surface area contributed by atoms with Crippen LogP contribution in [-0.2, 0) is 13.0 Å². The van der Waals surface area contributed by atoms with Crippen molar-refractivity contribution in [3.05, 3.63) is 77.2 Å². The minimum absolute atomic E-state index is 0.264. The van der Waals surface area contributed by atoms with E-state index >= 15 is 0 Å². The number of amides is 1. The van der Waals surface area contributed by atoms with Gasteiger partial charge in [-0.3, -0.25) is 9.78 Å². The summed E-state index contributed by atoms with van der Waals surface area (Å²) in [6.07, 6.45) is 4.37. The molecule has 26 heavy (non-hydrogen) atoms. The normalized spacial score (nSPS) is 10.4. The Morgan fingerprint density at radius 1 is 1.08 bits per heavy atom. The molecule has 3 aromatic rings. The van der Waals surface area contributed by atoms with Crippen LogP contribution >= 0.6 is 0 Å². The van der Waals surface area contributed by atoms with Crippen LogP contribution < -0.4 is 10.6 Å². The number of aryl methyl sites for hydroxylation is 2. The Hall–Kier alpha value is -3.28. The van der Waals surface area contributed by atoms with Crippen molar-refractivity contribution in [3.8, 4) is 0 Å². The highest BCUT2D eigenvalue weighted by molar-refractivity contribution is 6.03. The number of rotatable bonds is 6. The lowest BCUT2D eigenvalue weighted by atomic mass is 10.1. The lowest BCUT2D eigenvalue weighted by molar-refractivity contribution is 0.102. The second kappa shape index (κ2) is 8.20. The van der Waals surface area contributed by atoms with Crippen LogP contribution in [0, 0.1) is 6.92 Å². The molecule has 0 aliphatic rings. The van der Waals surface area contributed by atoms with Crippen molar-refractivity contribution in [1.29, 1.82) is 0 Å². The average Bonchev–Trinajstić information content (AvgIpc) is 2.69. The molecule has 0 radical (unpaired) electrons. The van der Waals surface area contributed by atoms with E-state index in [0.717, 1.165) is 28.8 Å². The van der Waals surface area contributed by atoms with Crippen molar-refractivity contribution in [3.63, 3.8) is 0 Å². The largest absolute Gasteiger partial charge is 0.364 e. The maximum Gasteiger partial charge on any atom is 0.276 e. The first-order valence-electron chi connectivity index (χ1n) is 8.53. The van der Waals surface area contributed by atoms with Crippen LogP contribution in [0.15, 0.2) is 54.9 Å². The quantitative estimate of drug-likeness (QED) is 0.712. The molecule has 2 aromatic heterocycles. The number of carbonyl (C=O) groups is 1. The Morgan fingerprint density at radius 2 is 1.96 bits per heavy atom. The summed E-state index contributed by atoms with van der Waals surface area (Å²) in [5.74, 6) is 0.343. The third kappa shape index (κ3) is 4.22. The van der Waals surface area contributed by atoms with Gasteiger partial charge in [-0.25, -0.2) is 0 Å². The van der Waals surface area contributed by atoms with Crippen molar-refractivity contribution in [2.75, 3.05) is 10.6 Å². The third-order valence-corrected chi connectivity index (χ3v) is 4.07. The van der Waals surface area contributed by atoms with E-state index in [1.165, 1.54) is 0 Å². The summed E-state index contributed by atoms with van der Waals surface area (Å²) >= 11 is 0. The first-order valence-corrected chi connectivity index (χ1v) is 8.53. The van der Waals surface area contributed by atoms with Gasteiger partial charge in [0.05, 0.1) is 0 Å². The third-order valence-electron chi connectivity index (χ3n) is 4.07. The molecule has 3 rings (SSSR count). The number of carbonyl (C=O) groups excluding carboxylic acids is 1. The lowest BCUT2D eigenvalue weighted by Crippen LogP contribution is -2.16. The summed E-state index contributed by atoms with van der Waals surface area (Å²) in [6.45, 7) is 4.63. The first kappa shape index (κ1) is 17.5. The molecule has 1 amide bonds. The summed E-state index contributed by atoms with van der Waals surface area (Å²) in [5, 5.41) is 14.2. The molecule has 6 nitrogen and oxygen atoms in total. The van der Waals surface area contributed by atoms with E-state index in [1.807, 2.05) is 37.3 Å². The van der Waals surface area contributed by atoms with Gasteiger partial charge < -0.3 is 10.6 Å². The van der Waals surface area contributed by atoms with Gasteiger partial charge in [-0.15, -0.1) is 10.2 Å². The fraction of sp³-hybridized carbons (Fsp3) is 0.200. The van der Waals surface area contributed by atoms with Gasteiger partial charge in [0.2, 0.25) is 0 Å². The zero-order chi connectivity index (χ0) is 18.4. The zero-order valence-electron chi connectivity index (χ0n) is 14.9. The Bertz CT molecular complexity index is 878. The molecule has 0 saturated heterocycles. The van der Waals surface area contributed by atoms with E-state index in [0.29, 0.717) is 12.4 Å². The number of nitrogens with one attached hydrogen (secondary N) is 2. The van der Waals surface area contributed by atoms with Gasteiger partial charge in [0.25, 0.3) is 5.91 Å². The summed E-state index contributed by atoms with van der Waals surface area (Å²) in [4.78, 5) is 16.5. The van der Waals surface area contributed by atoms with Gasteiger partial charge >= 0.3 is 0 Å². The molecule has 0 aliphatic carbocycles. The first-order chi connectivity index (χ1) is 12.7. The molecule has 2 heterocycles. The Morgan fingerprint density at radius 3 is 2.65 bits per heavy atom. The van der Waals surface area contributed by atoms with Crippen LogP contribution in [0.2, 0.25) is 0 Å². The molecule has 132 valence electrons. The van der Waals surface area contributed by atoms with Crippen molar-refractivity contribution in [1.82, 2.24) is 15.2 Å². The van der Waals surface area contributed by atoms with Gasteiger partial charge in [-0.05, 0) is 48.2 Å². The fourth-order valence-corrected chi connectivity index (χ4v) is 2.62. The second-order valence-corrected chi connectivity index (χ2v) is 5.94. The summed E-state index contributed by atoms with van der Waals surface area (Å²) < 4.78 is 0. The van der Waals surface area contributed by atoms with Gasteiger partial charge in [0, 0.05) is 24.6 Å². The number of hydrogen-bond acceptors (Lipinski definition) is 5. The standard InChI is InChI=1S/C20H21N5O/c1-3-16-8-4-6-14(2)19(16)23-20(26)17-9-10-18(25-24-17)22-13-15-7-5-11-21-12-15/h4-12H,3,13H2,1-2H3,(H,22,25)(H,23,26). The molecule has 0 unspecified atom stereocenters. The van der Waals surface area contributed by atoms with Crippen molar-refractivity contribution in [2.45, 2.75) is 26.8 Å². The SMILES string of the molecule is CCc1cccc(C)c1NC(=O)c1ccc(NCc2cccnc2)nn1. The Kier molecular flexibility index (Phi) is 5.53. The lowest BCUT2D eigenvalue weighted by Gasteiger charge is -2.12. The molecule has 0 saturated carbocycles. The van der Waals surface area contributed by atoms with Gasteiger partial charge in [0.1, 0.15) is 5.82 Å². The molecule has 0 atom stereocenters. The number of nitrogens with zero attached hydrogens (tertiary/aromatic N) is 3. The molecule has 0 fully saturated rings. The topological polar surface area (TPSA) is 79.8 Å². The van der Waals surface area contributed by atoms with Crippen molar-refractivity contribution >= 4 is 17.4 Å². The highest BCUT2D eigenvalue weighted by atomic mass is 16.1. The van der Waals surface area contributed by atoms with Gasteiger partial charge in [-0.2, -0.15) is 0 Å². The Balaban J connectivity index is 1.66. The molecular formula is C20H21N5O. The smallest absolute Gasteiger partial charge is 0.276 e. The van der Waals surface area contributed by atoms with Gasteiger partial charge in [0.15, 0.2) is 5.69 Å². The maximum atomic E-state index is 12.5. The highest BCUT2D eigenvalue weighted by Crippen LogP contribution is 2.21. The molecule has 1 aromatic carbocycles. The minimum Gasteiger partial charge on any atom is -0.364 e. The zero-order valence-corrected chi connectivity index (χ0v) is 14.9. The van der Waals surface area contributed by atoms with Gasteiger partial charge in [-0.1, -0.05) is 31.2 Å². The van der Waals surface area contributed by atoms with Crippen LogP contribution in [0.3, 0.4) is 0 Å². The van der Waals surface area contributed by atoms with Crippen LogP contribution in [-0.4, -0.2) is 21.1 Å². The summed E-state index contributed by atoms with van der Waals surface area (Å²) in [5.41, 5.74) is 4.30. The minimum atomic E-state index is -0.264. The number of benzene rings is 1. The molecule has 0 spiro atoms. The number of anilines is 2. The van der Waals surface area contributed by atoms with E-state index in [1.54, 1.807) is 24.5 Å². The van der Waals surface area contributed by atoms with E-state index < -0.39 is 0 Å². The fourth-order valence-electron chi connectivity index (χ4n) is 2.62. The second-order valence-electron chi connectivity index (χ2n) is 5.94. The predicted octanol–water partition coefficient (Wildman–Crippen LogP) is 3.61. The predicted molar refractivity (Wildman–Crippen MR) is 102 cm³/mol. The van der Waals surface area contributed by atoms with E-state index in [4.69, 9.17) is 0 Å². The number of hydrogen-bond donors (Lipinski definition) is 2. The molecule has 2 N–H and O–H groups in total. The highest BCUT2D eigenvalue weighted by Gasteiger charge is 2.12. The monoisotopic (exact) mass is 347 g/mol. The number of para-hydroxylation sites is 1. The summed E-state index contributed by atoms with van der Waals surface area (Å²) in [6, 6.07) is 13.3. The summed E-state index contributed by atoms with van der Waals surface area (Å²) in [7, 11) is 0. The molecular weight excluding hydrogens is 326 g/mol. The average molecular weight is 347 g/mol. The number of pyridine rings is 1. The molecule has 0 bridgehead atoms. The van der Waals surface area contributed by atoms with Crippen molar-refractivity contribution in [2.24, 2.45) is 0 Å². The number of aromatic nitrogens is 3. The van der Waals surface area contributed by atoms with Crippen LogP contribution in [0.5, 0.6) is 0 Å². The van der Waals surface area contributed by atoms with E-state index in [9.17, 15) is 4.79 Å².